The van der Waals surface area contributed by atoms with E-state index in [1.807, 2.05) is 24.3 Å². The molecule has 0 radical (unpaired) electrons. The molecule has 0 spiro atoms. The van der Waals surface area contributed by atoms with Gasteiger partial charge in [0.25, 0.3) is 0 Å². The van der Waals surface area contributed by atoms with Crippen LogP contribution >= 0.6 is 0 Å². The van der Waals surface area contributed by atoms with Gasteiger partial charge in [0.15, 0.2) is 0 Å². The number of hydrogen-bond acceptors (Lipinski definition) is 2. The van der Waals surface area contributed by atoms with E-state index in [9.17, 15) is 4.79 Å². The summed E-state index contributed by atoms with van der Waals surface area (Å²) < 4.78 is 0. The van der Waals surface area contributed by atoms with Gasteiger partial charge in [0.2, 0.25) is 5.91 Å². The van der Waals surface area contributed by atoms with Gasteiger partial charge in [-0.3, -0.25) is 4.79 Å². The molecule has 18 heavy (non-hydrogen) atoms. The van der Waals surface area contributed by atoms with Gasteiger partial charge >= 0.3 is 0 Å². The SMILES string of the molecule is N#Cc1ccccc1CNC(=O)C1=CCCCC1. The molecule has 1 aliphatic carbocycles. The van der Waals surface area contributed by atoms with Crippen molar-refractivity contribution in [3.63, 3.8) is 0 Å². The van der Waals surface area contributed by atoms with Crippen LogP contribution in [0, 0.1) is 11.3 Å². The molecule has 0 atom stereocenters. The first-order valence-electron chi connectivity index (χ1n) is 6.26. The van der Waals surface area contributed by atoms with Crippen molar-refractivity contribution >= 4 is 5.91 Å². The molecular formula is C15H16N2O. The molecule has 0 unspecified atom stereocenters. The smallest absolute Gasteiger partial charge is 0.247 e. The average molecular weight is 240 g/mol. The van der Waals surface area contributed by atoms with Crippen molar-refractivity contribution in [1.82, 2.24) is 5.32 Å². The van der Waals surface area contributed by atoms with Gasteiger partial charge in [-0.25, -0.2) is 0 Å². The Labute approximate surface area is 107 Å². The Bertz CT molecular complexity index is 511. The zero-order chi connectivity index (χ0) is 12.8. The molecule has 1 amide bonds. The molecule has 2 rings (SSSR count). The first kappa shape index (κ1) is 12.4. The van der Waals surface area contributed by atoms with Crippen LogP contribution in [-0.4, -0.2) is 5.91 Å². The first-order chi connectivity index (χ1) is 8.81. The molecule has 0 fully saturated rings. The quantitative estimate of drug-likeness (QED) is 0.883. The Morgan fingerprint density at radius 2 is 2.17 bits per heavy atom. The molecule has 1 aromatic rings. The van der Waals surface area contributed by atoms with E-state index in [0.717, 1.165) is 30.4 Å². The fourth-order valence-electron chi connectivity index (χ4n) is 2.12. The van der Waals surface area contributed by atoms with Crippen LogP contribution in [0.15, 0.2) is 35.9 Å². The molecule has 1 aliphatic rings. The highest BCUT2D eigenvalue weighted by Crippen LogP contribution is 2.17. The summed E-state index contributed by atoms with van der Waals surface area (Å²) in [5.41, 5.74) is 2.37. The standard InChI is InChI=1S/C15H16N2O/c16-10-13-8-4-5-9-14(13)11-17-15(18)12-6-2-1-3-7-12/h4-6,8-9H,1-3,7,11H2,(H,17,18). The van der Waals surface area contributed by atoms with E-state index in [1.54, 1.807) is 6.07 Å². The lowest BCUT2D eigenvalue weighted by Crippen LogP contribution is -2.25. The number of amides is 1. The predicted octanol–water partition coefficient (Wildman–Crippen LogP) is 2.67. The van der Waals surface area contributed by atoms with Crippen molar-refractivity contribution in [1.29, 1.82) is 5.26 Å². The largest absolute Gasteiger partial charge is 0.348 e. The number of rotatable bonds is 3. The summed E-state index contributed by atoms with van der Waals surface area (Å²) in [6.07, 6.45) is 6.15. The van der Waals surface area contributed by atoms with Gasteiger partial charge in [-0.05, 0) is 37.3 Å². The molecule has 0 saturated heterocycles. The van der Waals surface area contributed by atoms with Gasteiger partial charge in [-0.1, -0.05) is 24.3 Å². The zero-order valence-corrected chi connectivity index (χ0v) is 10.3. The van der Waals surface area contributed by atoms with Crippen molar-refractivity contribution in [3.05, 3.63) is 47.0 Å². The molecule has 3 heteroatoms. The topological polar surface area (TPSA) is 52.9 Å². The monoisotopic (exact) mass is 240 g/mol. The molecule has 0 aliphatic heterocycles. The summed E-state index contributed by atoms with van der Waals surface area (Å²) in [5, 5.41) is 11.8. The summed E-state index contributed by atoms with van der Waals surface area (Å²) in [6, 6.07) is 9.47. The highest BCUT2D eigenvalue weighted by molar-refractivity contribution is 5.93. The van der Waals surface area contributed by atoms with E-state index in [1.165, 1.54) is 6.42 Å². The van der Waals surface area contributed by atoms with E-state index in [0.29, 0.717) is 12.1 Å². The summed E-state index contributed by atoms with van der Waals surface area (Å²) >= 11 is 0. The van der Waals surface area contributed by atoms with E-state index in [-0.39, 0.29) is 5.91 Å². The number of allylic oxidation sites excluding steroid dienone is 1. The third-order valence-corrected chi connectivity index (χ3v) is 3.16. The summed E-state index contributed by atoms with van der Waals surface area (Å²) in [5.74, 6) is 0.00226. The van der Waals surface area contributed by atoms with E-state index < -0.39 is 0 Å². The van der Waals surface area contributed by atoms with Crippen LogP contribution in [-0.2, 0) is 11.3 Å². The molecule has 1 aromatic carbocycles. The molecule has 92 valence electrons. The number of carbonyl (C=O) groups excluding carboxylic acids is 1. The fraction of sp³-hybridized carbons (Fsp3) is 0.333. The second-order valence-corrected chi connectivity index (χ2v) is 4.43. The highest BCUT2D eigenvalue weighted by Gasteiger charge is 2.12. The summed E-state index contributed by atoms with van der Waals surface area (Å²) in [6.45, 7) is 0.417. The van der Waals surface area contributed by atoms with Gasteiger partial charge in [0, 0.05) is 12.1 Å². The van der Waals surface area contributed by atoms with Crippen LogP contribution in [0.1, 0.15) is 36.8 Å². The number of carbonyl (C=O) groups is 1. The average Bonchev–Trinajstić information content (AvgIpc) is 2.46. The first-order valence-corrected chi connectivity index (χ1v) is 6.26. The molecule has 0 aromatic heterocycles. The van der Waals surface area contributed by atoms with Crippen LogP contribution in [0.5, 0.6) is 0 Å². The fourth-order valence-corrected chi connectivity index (χ4v) is 2.12. The second-order valence-electron chi connectivity index (χ2n) is 4.43. The predicted molar refractivity (Wildman–Crippen MR) is 69.6 cm³/mol. The van der Waals surface area contributed by atoms with Crippen LogP contribution in [0.2, 0.25) is 0 Å². The molecule has 1 N–H and O–H groups in total. The Balaban J connectivity index is 1.97. The highest BCUT2D eigenvalue weighted by atomic mass is 16.1. The van der Waals surface area contributed by atoms with Gasteiger partial charge < -0.3 is 5.32 Å². The Hall–Kier alpha value is -2.08. The lowest BCUT2D eigenvalue weighted by atomic mass is 9.99. The minimum absolute atomic E-state index is 0.00226. The molecular weight excluding hydrogens is 224 g/mol. The van der Waals surface area contributed by atoms with Crippen molar-refractivity contribution in [2.24, 2.45) is 0 Å². The van der Waals surface area contributed by atoms with Crippen LogP contribution in [0.25, 0.3) is 0 Å². The van der Waals surface area contributed by atoms with Crippen LogP contribution in [0.3, 0.4) is 0 Å². The third-order valence-electron chi connectivity index (χ3n) is 3.16. The second kappa shape index (κ2) is 6.02. The number of nitrogens with one attached hydrogen (secondary N) is 1. The maximum atomic E-state index is 11.9. The summed E-state index contributed by atoms with van der Waals surface area (Å²) in [7, 11) is 0. The van der Waals surface area contributed by atoms with Crippen molar-refractivity contribution < 1.29 is 4.79 Å². The number of nitriles is 1. The summed E-state index contributed by atoms with van der Waals surface area (Å²) in [4.78, 5) is 11.9. The Morgan fingerprint density at radius 3 is 2.89 bits per heavy atom. The van der Waals surface area contributed by atoms with Crippen molar-refractivity contribution in [2.45, 2.75) is 32.2 Å². The minimum Gasteiger partial charge on any atom is -0.348 e. The van der Waals surface area contributed by atoms with Crippen LogP contribution < -0.4 is 5.32 Å². The van der Waals surface area contributed by atoms with Crippen molar-refractivity contribution in [3.8, 4) is 6.07 Å². The lowest BCUT2D eigenvalue weighted by Gasteiger charge is -2.13. The Morgan fingerprint density at radius 1 is 1.33 bits per heavy atom. The number of benzene rings is 1. The van der Waals surface area contributed by atoms with E-state index >= 15 is 0 Å². The van der Waals surface area contributed by atoms with Gasteiger partial charge in [-0.2, -0.15) is 5.26 Å². The maximum Gasteiger partial charge on any atom is 0.247 e. The van der Waals surface area contributed by atoms with Gasteiger partial charge in [0.1, 0.15) is 0 Å². The normalized spacial score (nSPS) is 14.5. The van der Waals surface area contributed by atoms with Gasteiger partial charge in [-0.15, -0.1) is 0 Å². The molecule has 3 nitrogen and oxygen atoms in total. The van der Waals surface area contributed by atoms with Gasteiger partial charge in [0.05, 0.1) is 11.6 Å². The molecule has 0 bridgehead atoms. The lowest BCUT2D eigenvalue weighted by molar-refractivity contribution is -0.117. The molecule has 0 saturated carbocycles. The van der Waals surface area contributed by atoms with E-state index in [2.05, 4.69) is 11.4 Å². The van der Waals surface area contributed by atoms with Crippen LogP contribution in [0.4, 0.5) is 0 Å². The molecule has 0 heterocycles. The number of nitrogens with zero attached hydrogens (tertiary/aromatic N) is 1. The van der Waals surface area contributed by atoms with E-state index in [4.69, 9.17) is 5.26 Å². The van der Waals surface area contributed by atoms with Crippen molar-refractivity contribution in [2.75, 3.05) is 0 Å². The minimum atomic E-state index is 0.00226. The number of hydrogen-bond donors (Lipinski definition) is 1. The maximum absolute atomic E-state index is 11.9. The zero-order valence-electron chi connectivity index (χ0n) is 10.3. The third kappa shape index (κ3) is 2.98. The Kier molecular flexibility index (Phi) is 4.14.